The van der Waals surface area contributed by atoms with Crippen molar-refractivity contribution in [2.45, 2.75) is 40.5 Å². The van der Waals surface area contributed by atoms with Crippen molar-refractivity contribution >= 4 is 5.91 Å². The molecule has 0 aliphatic rings. The van der Waals surface area contributed by atoms with Gasteiger partial charge in [0.05, 0.1) is 0 Å². The quantitative estimate of drug-likeness (QED) is 0.820. The van der Waals surface area contributed by atoms with Crippen molar-refractivity contribution in [2.24, 2.45) is 11.8 Å². The Morgan fingerprint density at radius 3 is 1.85 bits per heavy atom. The first-order valence-electron chi connectivity index (χ1n) is 7.48. The van der Waals surface area contributed by atoms with E-state index in [0.29, 0.717) is 17.4 Å². The highest BCUT2D eigenvalue weighted by Gasteiger charge is 2.16. The van der Waals surface area contributed by atoms with Gasteiger partial charge in [-0.05, 0) is 48.9 Å². The summed E-state index contributed by atoms with van der Waals surface area (Å²) in [6.07, 6.45) is 2.03. The highest BCUT2D eigenvalue weighted by Crippen LogP contribution is 2.14. The van der Waals surface area contributed by atoms with Gasteiger partial charge in [-0.25, -0.2) is 0 Å². The van der Waals surface area contributed by atoms with Crippen molar-refractivity contribution in [3.8, 4) is 5.75 Å². The van der Waals surface area contributed by atoms with Gasteiger partial charge in [0.1, 0.15) is 5.75 Å². The Balaban J connectivity index is 2.74. The van der Waals surface area contributed by atoms with Crippen LogP contribution in [-0.2, 0) is 0 Å². The van der Waals surface area contributed by atoms with Gasteiger partial charge in [-0.15, -0.1) is 0 Å². The van der Waals surface area contributed by atoms with Crippen molar-refractivity contribution < 1.29 is 9.90 Å². The Bertz CT molecular complexity index is 398. The molecule has 1 aromatic carbocycles. The van der Waals surface area contributed by atoms with E-state index in [2.05, 4.69) is 27.7 Å². The third-order valence-electron chi connectivity index (χ3n) is 3.35. The standard InChI is InChI=1S/C17H27NO2/c1-13(2)9-11-18(12-10-14(3)4)17(20)15-5-7-16(19)8-6-15/h5-8,13-14,19H,9-12H2,1-4H3. The second-order valence-electron chi connectivity index (χ2n) is 6.20. The molecule has 0 radical (unpaired) electrons. The van der Waals surface area contributed by atoms with Crippen LogP contribution in [0.2, 0.25) is 0 Å². The zero-order chi connectivity index (χ0) is 15.1. The number of aromatic hydroxyl groups is 1. The molecule has 0 saturated carbocycles. The second-order valence-corrected chi connectivity index (χ2v) is 6.20. The lowest BCUT2D eigenvalue weighted by atomic mass is 10.1. The van der Waals surface area contributed by atoms with Gasteiger partial charge in [-0.2, -0.15) is 0 Å². The van der Waals surface area contributed by atoms with Gasteiger partial charge in [0, 0.05) is 18.7 Å². The van der Waals surface area contributed by atoms with Crippen LogP contribution in [-0.4, -0.2) is 29.0 Å². The van der Waals surface area contributed by atoms with Gasteiger partial charge in [0.15, 0.2) is 0 Å². The van der Waals surface area contributed by atoms with Crippen LogP contribution in [0.25, 0.3) is 0 Å². The Kier molecular flexibility index (Phi) is 6.56. The minimum atomic E-state index is 0.0614. The first-order chi connectivity index (χ1) is 9.40. The van der Waals surface area contributed by atoms with E-state index in [-0.39, 0.29) is 11.7 Å². The molecule has 0 aliphatic carbocycles. The van der Waals surface area contributed by atoms with Crippen LogP contribution in [0.3, 0.4) is 0 Å². The highest BCUT2D eigenvalue weighted by atomic mass is 16.3. The van der Waals surface area contributed by atoms with E-state index in [1.165, 1.54) is 0 Å². The summed E-state index contributed by atoms with van der Waals surface area (Å²) in [6, 6.07) is 6.51. The van der Waals surface area contributed by atoms with Crippen molar-refractivity contribution in [1.82, 2.24) is 4.90 Å². The number of hydrogen-bond acceptors (Lipinski definition) is 2. The lowest BCUT2D eigenvalue weighted by molar-refractivity contribution is 0.0741. The van der Waals surface area contributed by atoms with E-state index in [0.717, 1.165) is 25.9 Å². The first-order valence-corrected chi connectivity index (χ1v) is 7.48. The summed E-state index contributed by atoms with van der Waals surface area (Å²) < 4.78 is 0. The van der Waals surface area contributed by atoms with E-state index in [4.69, 9.17) is 0 Å². The summed E-state index contributed by atoms with van der Waals surface area (Å²) in [7, 11) is 0. The van der Waals surface area contributed by atoms with Gasteiger partial charge in [0.2, 0.25) is 0 Å². The van der Waals surface area contributed by atoms with E-state index < -0.39 is 0 Å². The molecular weight excluding hydrogens is 250 g/mol. The molecule has 112 valence electrons. The molecular formula is C17H27NO2. The van der Waals surface area contributed by atoms with Gasteiger partial charge in [-0.1, -0.05) is 27.7 Å². The number of nitrogens with zero attached hydrogens (tertiary/aromatic N) is 1. The molecule has 0 aliphatic heterocycles. The van der Waals surface area contributed by atoms with Crippen LogP contribution < -0.4 is 0 Å². The SMILES string of the molecule is CC(C)CCN(CCC(C)C)C(=O)c1ccc(O)cc1. The van der Waals surface area contributed by atoms with Crippen molar-refractivity contribution in [1.29, 1.82) is 0 Å². The number of amides is 1. The second kappa shape index (κ2) is 7.93. The fraction of sp³-hybridized carbons (Fsp3) is 0.588. The maximum Gasteiger partial charge on any atom is 0.253 e. The third kappa shape index (κ3) is 5.64. The average molecular weight is 277 g/mol. The Hall–Kier alpha value is -1.51. The molecule has 0 spiro atoms. The van der Waals surface area contributed by atoms with E-state index in [9.17, 15) is 9.90 Å². The number of phenolic OH excluding ortho intramolecular Hbond substituents is 1. The zero-order valence-electron chi connectivity index (χ0n) is 13.1. The molecule has 3 heteroatoms. The van der Waals surface area contributed by atoms with Crippen LogP contribution in [0, 0.1) is 11.8 Å². The number of rotatable bonds is 7. The minimum absolute atomic E-state index is 0.0614. The molecule has 3 nitrogen and oxygen atoms in total. The van der Waals surface area contributed by atoms with Gasteiger partial charge >= 0.3 is 0 Å². The predicted octanol–water partition coefficient (Wildman–Crippen LogP) is 3.93. The molecule has 20 heavy (non-hydrogen) atoms. The summed E-state index contributed by atoms with van der Waals surface area (Å²) in [5.41, 5.74) is 0.648. The average Bonchev–Trinajstić information content (AvgIpc) is 2.38. The van der Waals surface area contributed by atoms with Crippen LogP contribution >= 0.6 is 0 Å². The maximum absolute atomic E-state index is 12.5. The van der Waals surface area contributed by atoms with Gasteiger partial charge in [-0.3, -0.25) is 4.79 Å². The van der Waals surface area contributed by atoms with E-state index in [1.54, 1.807) is 24.3 Å². The Morgan fingerprint density at radius 1 is 1.00 bits per heavy atom. The van der Waals surface area contributed by atoms with Crippen LogP contribution in [0.4, 0.5) is 0 Å². The molecule has 1 aromatic rings. The third-order valence-corrected chi connectivity index (χ3v) is 3.35. The summed E-state index contributed by atoms with van der Waals surface area (Å²) in [5.74, 6) is 1.43. The molecule has 0 atom stereocenters. The number of phenols is 1. The van der Waals surface area contributed by atoms with Crippen LogP contribution in [0.15, 0.2) is 24.3 Å². The highest BCUT2D eigenvalue weighted by molar-refractivity contribution is 5.94. The fourth-order valence-corrected chi connectivity index (χ4v) is 1.93. The monoisotopic (exact) mass is 277 g/mol. The molecule has 0 heterocycles. The number of carbonyl (C=O) groups is 1. The van der Waals surface area contributed by atoms with Gasteiger partial charge < -0.3 is 10.0 Å². The normalized spacial score (nSPS) is 11.1. The molecule has 0 fully saturated rings. The maximum atomic E-state index is 12.5. The van der Waals surface area contributed by atoms with Crippen molar-refractivity contribution in [3.05, 3.63) is 29.8 Å². The summed E-state index contributed by atoms with van der Waals surface area (Å²) in [5, 5.41) is 9.30. The Labute approximate surface area is 122 Å². The lowest BCUT2D eigenvalue weighted by Gasteiger charge is -2.24. The lowest BCUT2D eigenvalue weighted by Crippen LogP contribution is -2.34. The molecule has 0 saturated heterocycles. The van der Waals surface area contributed by atoms with Gasteiger partial charge in [0.25, 0.3) is 5.91 Å². The topological polar surface area (TPSA) is 40.5 Å². The number of hydrogen-bond donors (Lipinski definition) is 1. The molecule has 0 bridgehead atoms. The molecule has 1 amide bonds. The van der Waals surface area contributed by atoms with Crippen molar-refractivity contribution in [3.63, 3.8) is 0 Å². The molecule has 0 unspecified atom stereocenters. The summed E-state index contributed by atoms with van der Waals surface area (Å²) in [4.78, 5) is 14.5. The predicted molar refractivity (Wildman–Crippen MR) is 82.9 cm³/mol. The Morgan fingerprint density at radius 2 is 1.45 bits per heavy atom. The fourth-order valence-electron chi connectivity index (χ4n) is 1.93. The van der Waals surface area contributed by atoms with Crippen LogP contribution in [0.5, 0.6) is 5.75 Å². The van der Waals surface area contributed by atoms with E-state index >= 15 is 0 Å². The summed E-state index contributed by atoms with van der Waals surface area (Å²) >= 11 is 0. The molecule has 0 aromatic heterocycles. The molecule has 1 rings (SSSR count). The minimum Gasteiger partial charge on any atom is -0.508 e. The number of carbonyl (C=O) groups excluding carboxylic acids is 1. The largest absolute Gasteiger partial charge is 0.508 e. The zero-order valence-corrected chi connectivity index (χ0v) is 13.1. The van der Waals surface area contributed by atoms with E-state index in [1.807, 2.05) is 4.90 Å². The summed E-state index contributed by atoms with van der Waals surface area (Å²) in [6.45, 7) is 10.3. The first kappa shape index (κ1) is 16.5. The molecule has 1 N–H and O–H groups in total. The smallest absolute Gasteiger partial charge is 0.253 e. The van der Waals surface area contributed by atoms with Crippen molar-refractivity contribution in [2.75, 3.05) is 13.1 Å². The van der Waals surface area contributed by atoms with Crippen LogP contribution in [0.1, 0.15) is 50.9 Å². The number of benzene rings is 1.